The molecular formula is C31H18N2O8. The summed E-state index contributed by atoms with van der Waals surface area (Å²) in [6.45, 7) is 0. The van der Waals surface area contributed by atoms with Crippen LogP contribution in [0.1, 0.15) is 37.5 Å². The molecular weight excluding hydrogens is 528 g/mol. The minimum Gasteiger partial charge on any atom is -0.423 e. The van der Waals surface area contributed by atoms with Gasteiger partial charge in [0.15, 0.2) is 0 Å². The van der Waals surface area contributed by atoms with Crippen LogP contribution in [0, 0.1) is 10.1 Å². The molecule has 41 heavy (non-hydrogen) atoms. The lowest BCUT2D eigenvalue weighted by Gasteiger charge is -2.27. The number of amides is 2. The minimum atomic E-state index is -0.770. The molecule has 1 aliphatic carbocycles. The van der Waals surface area contributed by atoms with Crippen LogP contribution in [0.25, 0.3) is 10.8 Å². The number of carbonyl (C=O) groups is 4. The Bertz CT molecular complexity index is 1850. The smallest absolute Gasteiger partial charge is 0.343 e. The monoisotopic (exact) mass is 546 g/mol. The summed E-state index contributed by atoms with van der Waals surface area (Å²) < 4.78 is 10.9. The van der Waals surface area contributed by atoms with E-state index in [4.69, 9.17) is 9.47 Å². The summed E-state index contributed by atoms with van der Waals surface area (Å²) in [5, 5.41) is 11.8. The molecule has 0 radical (unpaired) electrons. The second kappa shape index (κ2) is 10.0. The van der Waals surface area contributed by atoms with E-state index in [0.717, 1.165) is 4.90 Å². The lowest BCUT2D eigenvalue weighted by molar-refractivity contribution is -0.384. The number of hydrogen-bond donors (Lipinski definition) is 0. The van der Waals surface area contributed by atoms with Crippen LogP contribution in [0.4, 0.5) is 11.4 Å². The second-order valence-corrected chi connectivity index (χ2v) is 9.22. The Morgan fingerprint density at radius 1 is 0.805 bits per heavy atom. The van der Waals surface area contributed by atoms with Crippen molar-refractivity contribution in [2.45, 2.75) is 6.42 Å². The third-order valence-corrected chi connectivity index (χ3v) is 6.68. The maximum atomic E-state index is 13.7. The molecule has 4 aromatic carbocycles. The van der Waals surface area contributed by atoms with Crippen LogP contribution < -0.4 is 14.4 Å². The molecule has 1 heterocycles. The predicted molar refractivity (Wildman–Crippen MR) is 147 cm³/mol. The van der Waals surface area contributed by atoms with E-state index in [1.165, 1.54) is 54.6 Å². The van der Waals surface area contributed by atoms with Gasteiger partial charge in [0.1, 0.15) is 11.5 Å². The summed E-state index contributed by atoms with van der Waals surface area (Å²) in [5.41, 5.74) is 1.14. The van der Waals surface area contributed by atoms with Crippen LogP contribution in [0.5, 0.6) is 11.5 Å². The number of carbonyl (C=O) groups excluding carboxylic acids is 4. The number of nitro groups is 1. The van der Waals surface area contributed by atoms with E-state index in [9.17, 15) is 29.3 Å². The van der Waals surface area contributed by atoms with E-state index < -0.39 is 28.7 Å². The normalized spacial score (nSPS) is 13.8. The quantitative estimate of drug-likeness (QED) is 0.101. The fourth-order valence-corrected chi connectivity index (χ4v) is 4.69. The SMILES string of the molecule is O=C(Oc1ccc(N2C(=O)c3cccc4cc(OC(=O)c5ccc([N+](=O)[O-])cc5)cc(c34)C2=O)cc1)C1=CC=CC1. The Labute approximate surface area is 231 Å². The van der Waals surface area contributed by atoms with Gasteiger partial charge in [-0.3, -0.25) is 19.7 Å². The molecule has 0 saturated heterocycles. The van der Waals surface area contributed by atoms with Crippen molar-refractivity contribution in [1.82, 2.24) is 0 Å². The van der Waals surface area contributed by atoms with Gasteiger partial charge in [0.05, 0.1) is 21.7 Å². The van der Waals surface area contributed by atoms with E-state index in [0.29, 0.717) is 28.3 Å². The first kappa shape index (κ1) is 25.4. The molecule has 4 aromatic rings. The molecule has 2 amide bonds. The number of hydrogen-bond acceptors (Lipinski definition) is 8. The van der Waals surface area contributed by atoms with Gasteiger partial charge in [0.25, 0.3) is 17.5 Å². The summed E-state index contributed by atoms with van der Waals surface area (Å²) in [4.78, 5) is 63.5. The molecule has 10 nitrogen and oxygen atoms in total. The number of nitro benzene ring substituents is 1. The molecule has 0 bridgehead atoms. The Kier molecular flexibility index (Phi) is 6.20. The van der Waals surface area contributed by atoms with Gasteiger partial charge in [0.2, 0.25) is 0 Å². The van der Waals surface area contributed by atoms with E-state index in [1.807, 2.05) is 6.08 Å². The lowest BCUT2D eigenvalue weighted by Crippen LogP contribution is -2.40. The van der Waals surface area contributed by atoms with Crippen molar-refractivity contribution in [2.75, 3.05) is 4.90 Å². The fraction of sp³-hybridized carbons (Fsp3) is 0.0323. The maximum Gasteiger partial charge on any atom is 0.343 e. The van der Waals surface area contributed by atoms with Crippen molar-refractivity contribution in [1.29, 1.82) is 0 Å². The number of non-ortho nitro benzene ring substituents is 1. The largest absolute Gasteiger partial charge is 0.423 e. The Morgan fingerprint density at radius 2 is 1.51 bits per heavy atom. The number of ether oxygens (including phenoxy) is 2. The van der Waals surface area contributed by atoms with Crippen LogP contribution in [0.2, 0.25) is 0 Å². The van der Waals surface area contributed by atoms with Crippen LogP contribution >= 0.6 is 0 Å². The van der Waals surface area contributed by atoms with E-state index >= 15 is 0 Å². The molecule has 6 rings (SSSR count). The third kappa shape index (κ3) is 4.63. The van der Waals surface area contributed by atoms with Crippen LogP contribution in [-0.4, -0.2) is 28.7 Å². The first-order valence-corrected chi connectivity index (χ1v) is 12.4. The summed E-state index contributed by atoms with van der Waals surface area (Å²) in [5.74, 6) is -2.09. The van der Waals surface area contributed by atoms with Gasteiger partial charge in [-0.25, -0.2) is 14.5 Å². The lowest BCUT2D eigenvalue weighted by atomic mass is 9.93. The van der Waals surface area contributed by atoms with Crippen LogP contribution in [-0.2, 0) is 4.79 Å². The number of esters is 2. The average Bonchev–Trinajstić information content (AvgIpc) is 3.52. The number of rotatable bonds is 6. The molecule has 0 fully saturated rings. The molecule has 0 saturated carbocycles. The zero-order chi connectivity index (χ0) is 28.7. The number of nitrogens with zero attached hydrogens (tertiary/aromatic N) is 2. The third-order valence-electron chi connectivity index (χ3n) is 6.68. The average molecular weight is 546 g/mol. The molecule has 10 heteroatoms. The highest BCUT2D eigenvalue weighted by Crippen LogP contribution is 2.36. The topological polar surface area (TPSA) is 133 Å². The summed E-state index contributed by atoms with van der Waals surface area (Å²) in [6, 6.07) is 18.8. The van der Waals surface area contributed by atoms with Gasteiger partial charge in [-0.15, -0.1) is 0 Å². The van der Waals surface area contributed by atoms with Gasteiger partial charge in [-0.2, -0.15) is 0 Å². The van der Waals surface area contributed by atoms with Gasteiger partial charge < -0.3 is 9.47 Å². The standard InChI is InChI=1S/C31H18N2O8/c34-28-25-7-3-6-20-16-24(41-31(37)19-8-10-22(11-9-19)33(38)39)17-26(27(20)25)29(35)32(28)21-12-14-23(15-13-21)40-30(36)18-4-1-2-5-18/h1-4,6-17H,5H2. The second-order valence-electron chi connectivity index (χ2n) is 9.22. The van der Waals surface area contributed by atoms with Gasteiger partial charge >= 0.3 is 11.9 Å². The molecule has 0 atom stereocenters. The first-order chi connectivity index (χ1) is 19.8. The number of allylic oxidation sites excluding steroid dienone is 3. The zero-order valence-electron chi connectivity index (χ0n) is 21.1. The summed E-state index contributed by atoms with van der Waals surface area (Å²) in [6.07, 6.45) is 5.78. The molecule has 0 N–H and O–H groups in total. The van der Waals surface area contributed by atoms with Crippen molar-refractivity contribution >= 4 is 45.9 Å². The number of anilines is 1. The molecule has 0 unspecified atom stereocenters. The van der Waals surface area contributed by atoms with Gasteiger partial charge in [0, 0.05) is 28.7 Å². The number of imide groups is 1. The Balaban J connectivity index is 1.29. The van der Waals surface area contributed by atoms with Crippen LogP contribution in [0.3, 0.4) is 0 Å². The van der Waals surface area contributed by atoms with Gasteiger partial charge in [-0.05, 0) is 66.4 Å². The highest BCUT2D eigenvalue weighted by Gasteiger charge is 2.34. The number of benzene rings is 4. The first-order valence-electron chi connectivity index (χ1n) is 12.4. The highest BCUT2D eigenvalue weighted by atomic mass is 16.6. The van der Waals surface area contributed by atoms with E-state index in [1.54, 1.807) is 36.4 Å². The molecule has 0 aromatic heterocycles. The summed E-state index contributed by atoms with van der Waals surface area (Å²) >= 11 is 0. The predicted octanol–water partition coefficient (Wildman–Crippen LogP) is 5.56. The van der Waals surface area contributed by atoms with Crippen LogP contribution in [0.15, 0.2) is 103 Å². The van der Waals surface area contributed by atoms with Crippen molar-refractivity contribution in [3.8, 4) is 11.5 Å². The van der Waals surface area contributed by atoms with Crippen molar-refractivity contribution in [3.63, 3.8) is 0 Å². The molecule has 200 valence electrons. The zero-order valence-corrected chi connectivity index (χ0v) is 21.1. The fourth-order valence-electron chi connectivity index (χ4n) is 4.69. The Hall–Kier alpha value is -5.90. The Morgan fingerprint density at radius 3 is 2.20 bits per heavy atom. The molecule has 1 aliphatic heterocycles. The highest BCUT2D eigenvalue weighted by molar-refractivity contribution is 6.36. The van der Waals surface area contributed by atoms with Crippen molar-refractivity contribution in [2.24, 2.45) is 0 Å². The van der Waals surface area contributed by atoms with Crippen molar-refractivity contribution < 1.29 is 33.6 Å². The minimum absolute atomic E-state index is 0.0635. The van der Waals surface area contributed by atoms with Gasteiger partial charge in [-0.1, -0.05) is 30.4 Å². The van der Waals surface area contributed by atoms with E-state index in [-0.39, 0.29) is 34.0 Å². The van der Waals surface area contributed by atoms with E-state index in [2.05, 4.69) is 0 Å². The molecule has 2 aliphatic rings. The molecule has 0 spiro atoms. The van der Waals surface area contributed by atoms with Crippen molar-refractivity contribution in [3.05, 3.63) is 129 Å². The summed E-state index contributed by atoms with van der Waals surface area (Å²) in [7, 11) is 0. The maximum absolute atomic E-state index is 13.7.